The molecule has 0 aromatic heterocycles. The fourth-order valence-corrected chi connectivity index (χ4v) is 1.78. The van der Waals surface area contributed by atoms with Gasteiger partial charge in [-0.05, 0) is 19.1 Å². The van der Waals surface area contributed by atoms with Crippen LogP contribution in [0, 0.1) is 0 Å². The summed E-state index contributed by atoms with van der Waals surface area (Å²) in [6.07, 6.45) is -1.80. The number of hydrazine groups is 1. The Kier molecular flexibility index (Phi) is 5.09. The van der Waals surface area contributed by atoms with Crippen LogP contribution in [0.1, 0.15) is 6.92 Å². The molecule has 0 bridgehead atoms. The number of rotatable bonds is 3. The number of hydrogen-bond acceptors (Lipinski definition) is 6. The van der Waals surface area contributed by atoms with Crippen LogP contribution in [0.25, 0.3) is 0 Å². The number of aliphatic hydroxyl groups is 2. The third-order valence-electron chi connectivity index (χ3n) is 2.48. The molecule has 1 rings (SSSR count). The van der Waals surface area contributed by atoms with Gasteiger partial charge in [0.05, 0.1) is 18.4 Å². The lowest BCUT2D eigenvalue weighted by atomic mass is 10.0. The average molecular weight is 263 g/mol. The largest absolute Gasteiger partial charge is 0.507 e. The minimum Gasteiger partial charge on any atom is -0.507 e. The Labute approximate surface area is 105 Å². The molecule has 0 spiro atoms. The van der Waals surface area contributed by atoms with E-state index in [0.29, 0.717) is 5.70 Å². The van der Waals surface area contributed by atoms with Crippen molar-refractivity contribution >= 4 is 17.3 Å². The molecule has 0 radical (unpaired) electrons. The summed E-state index contributed by atoms with van der Waals surface area (Å²) < 4.78 is 10.6. The molecule has 6 N–H and O–H groups in total. The SMILES string of the molecule is CO[C@H]1C(O)=C(NC(=S)NN)C(C)OC1CO. The van der Waals surface area contributed by atoms with E-state index in [-0.39, 0.29) is 17.5 Å². The molecule has 1 aliphatic heterocycles. The zero-order chi connectivity index (χ0) is 13.0. The van der Waals surface area contributed by atoms with Crippen molar-refractivity contribution in [1.82, 2.24) is 10.7 Å². The van der Waals surface area contributed by atoms with Crippen LogP contribution in [0.3, 0.4) is 0 Å². The molecule has 0 fully saturated rings. The predicted octanol–water partition coefficient (Wildman–Crippen LogP) is -1.11. The third kappa shape index (κ3) is 3.05. The first-order valence-corrected chi connectivity index (χ1v) is 5.45. The highest BCUT2D eigenvalue weighted by molar-refractivity contribution is 7.80. The lowest BCUT2D eigenvalue weighted by molar-refractivity contribution is -0.111. The number of aliphatic hydroxyl groups excluding tert-OH is 2. The Morgan fingerprint density at radius 3 is 2.76 bits per heavy atom. The highest BCUT2D eigenvalue weighted by atomic mass is 32.1. The average Bonchev–Trinajstić information content (AvgIpc) is 2.33. The van der Waals surface area contributed by atoms with E-state index >= 15 is 0 Å². The fraction of sp³-hybridized carbons (Fsp3) is 0.667. The van der Waals surface area contributed by atoms with E-state index in [9.17, 15) is 5.11 Å². The Balaban J connectivity index is 2.95. The molecule has 98 valence electrons. The molecule has 0 amide bonds. The van der Waals surface area contributed by atoms with Crippen molar-refractivity contribution in [3.05, 3.63) is 11.5 Å². The normalized spacial score (nSPS) is 29.1. The Bertz CT molecular complexity index is 323. The van der Waals surface area contributed by atoms with Crippen LogP contribution in [0.15, 0.2) is 11.5 Å². The maximum Gasteiger partial charge on any atom is 0.185 e. The number of hydrogen-bond donors (Lipinski definition) is 5. The molecule has 1 aliphatic rings. The second kappa shape index (κ2) is 6.12. The van der Waals surface area contributed by atoms with Gasteiger partial charge in [-0.2, -0.15) is 0 Å². The summed E-state index contributed by atoms with van der Waals surface area (Å²) in [7, 11) is 1.42. The molecular formula is C9H17N3O4S. The van der Waals surface area contributed by atoms with E-state index in [4.69, 9.17) is 32.6 Å². The van der Waals surface area contributed by atoms with Crippen molar-refractivity contribution in [1.29, 1.82) is 0 Å². The van der Waals surface area contributed by atoms with Crippen LogP contribution in [0.4, 0.5) is 0 Å². The van der Waals surface area contributed by atoms with Crippen molar-refractivity contribution < 1.29 is 19.7 Å². The first-order chi connectivity index (χ1) is 8.04. The molecule has 0 saturated carbocycles. The van der Waals surface area contributed by atoms with Crippen LogP contribution in [-0.4, -0.2) is 47.4 Å². The van der Waals surface area contributed by atoms with Crippen LogP contribution >= 0.6 is 12.2 Å². The number of nitrogens with two attached hydrogens (primary N) is 1. The lowest BCUT2D eigenvalue weighted by Gasteiger charge is -2.35. The number of methoxy groups -OCH3 is 1. The van der Waals surface area contributed by atoms with Gasteiger partial charge in [0.15, 0.2) is 5.11 Å². The summed E-state index contributed by atoms with van der Waals surface area (Å²) in [6.45, 7) is 1.46. The van der Waals surface area contributed by atoms with Gasteiger partial charge in [-0.25, -0.2) is 5.84 Å². The van der Waals surface area contributed by atoms with E-state index in [1.54, 1.807) is 6.92 Å². The molecule has 0 aromatic rings. The fourth-order valence-electron chi connectivity index (χ4n) is 1.67. The second-order valence-corrected chi connectivity index (χ2v) is 3.96. The first kappa shape index (κ1) is 14.1. The van der Waals surface area contributed by atoms with Crippen LogP contribution in [0.5, 0.6) is 0 Å². The third-order valence-corrected chi connectivity index (χ3v) is 2.70. The number of ether oxygens (including phenoxy) is 2. The standard InChI is InChI=1S/C9H17N3O4S/c1-4-6(11-9(17)12-10)7(14)8(15-2)5(3-13)16-4/h4-5,8,13-14H,3,10H2,1-2H3,(H2,11,12,17)/t4?,5?,8-/m1/s1. The van der Waals surface area contributed by atoms with E-state index in [0.717, 1.165) is 0 Å². The molecule has 0 saturated heterocycles. The smallest absolute Gasteiger partial charge is 0.185 e. The van der Waals surface area contributed by atoms with Gasteiger partial charge >= 0.3 is 0 Å². The van der Waals surface area contributed by atoms with Gasteiger partial charge in [-0.3, -0.25) is 0 Å². The van der Waals surface area contributed by atoms with E-state index in [1.807, 2.05) is 0 Å². The van der Waals surface area contributed by atoms with Crippen molar-refractivity contribution in [3.8, 4) is 0 Å². The van der Waals surface area contributed by atoms with Crippen molar-refractivity contribution in [2.45, 2.75) is 25.2 Å². The minimum absolute atomic E-state index is 0.0529. The Hall–Kier alpha value is -0.930. The molecule has 3 atom stereocenters. The zero-order valence-electron chi connectivity index (χ0n) is 9.64. The molecule has 2 unspecified atom stereocenters. The predicted molar refractivity (Wildman–Crippen MR) is 64.9 cm³/mol. The van der Waals surface area contributed by atoms with Crippen LogP contribution in [0.2, 0.25) is 0 Å². The number of thiocarbonyl (C=S) groups is 1. The van der Waals surface area contributed by atoms with Gasteiger partial charge in [-0.1, -0.05) is 0 Å². The molecule has 1 heterocycles. The number of nitrogens with one attached hydrogen (secondary N) is 2. The van der Waals surface area contributed by atoms with Crippen molar-refractivity contribution in [2.75, 3.05) is 13.7 Å². The summed E-state index contributed by atoms with van der Waals surface area (Å²) >= 11 is 4.84. The summed E-state index contributed by atoms with van der Waals surface area (Å²) in [5, 5.41) is 22.0. The Morgan fingerprint density at radius 1 is 1.65 bits per heavy atom. The van der Waals surface area contributed by atoms with Gasteiger partial charge in [0.25, 0.3) is 0 Å². The van der Waals surface area contributed by atoms with E-state index in [1.165, 1.54) is 7.11 Å². The van der Waals surface area contributed by atoms with Gasteiger partial charge in [0.1, 0.15) is 18.0 Å². The highest BCUT2D eigenvalue weighted by Gasteiger charge is 2.36. The lowest BCUT2D eigenvalue weighted by Crippen LogP contribution is -2.49. The molecule has 0 aliphatic carbocycles. The molecule has 17 heavy (non-hydrogen) atoms. The summed E-state index contributed by atoms with van der Waals surface area (Å²) in [4.78, 5) is 0. The summed E-state index contributed by atoms with van der Waals surface area (Å²) in [6, 6.07) is 0. The van der Waals surface area contributed by atoms with E-state index in [2.05, 4.69) is 10.7 Å². The van der Waals surface area contributed by atoms with Crippen LogP contribution < -0.4 is 16.6 Å². The highest BCUT2D eigenvalue weighted by Crippen LogP contribution is 2.24. The summed E-state index contributed by atoms with van der Waals surface area (Å²) in [5.74, 6) is 5.08. The van der Waals surface area contributed by atoms with Crippen LogP contribution in [-0.2, 0) is 9.47 Å². The van der Waals surface area contributed by atoms with Gasteiger partial charge in [0, 0.05) is 7.11 Å². The van der Waals surface area contributed by atoms with Crippen molar-refractivity contribution in [3.63, 3.8) is 0 Å². The molecule has 0 aromatic carbocycles. The van der Waals surface area contributed by atoms with Gasteiger partial charge < -0.3 is 30.4 Å². The van der Waals surface area contributed by atoms with Gasteiger partial charge in [-0.15, -0.1) is 0 Å². The molecule has 8 heteroatoms. The molecular weight excluding hydrogens is 246 g/mol. The Morgan fingerprint density at radius 2 is 2.29 bits per heavy atom. The quantitative estimate of drug-likeness (QED) is 0.248. The van der Waals surface area contributed by atoms with Crippen molar-refractivity contribution in [2.24, 2.45) is 5.84 Å². The maximum absolute atomic E-state index is 10.0. The first-order valence-electron chi connectivity index (χ1n) is 5.04. The molecule has 7 nitrogen and oxygen atoms in total. The zero-order valence-corrected chi connectivity index (χ0v) is 10.5. The second-order valence-electron chi connectivity index (χ2n) is 3.55. The van der Waals surface area contributed by atoms with Gasteiger partial charge in [0.2, 0.25) is 0 Å². The van der Waals surface area contributed by atoms with E-state index < -0.39 is 18.3 Å². The summed E-state index contributed by atoms with van der Waals surface area (Å²) in [5.41, 5.74) is 2.61. The monoisotopic (exact) mass is 263 g/mol. The minimum atomic E-state index is -0.737. The topological polar surface area (TPSA) is 109 Å². The maximum atomic E-state index is 10.0.